The number of rotatable bonds is 15. The molecule has 0 aliphatic heterocycles. The third kappa shape index (κ3) is 14.3. The first-order valence-corrected chi connectivity index (χ1v) is 11.8. The fourth-order valence-electron chi connectivity index (χ4n) is 2.86. The minimum atomic E-state index is -0.555. The van der Waals surface area contributed by atoms with E-state index in [1.54, 1.807) is 19.4 Å². The third-order valence-corrected chi connectivity index (χ3v) is 5.11. The Labute approximate surface area is 211 Å². The fourth-order valence-corrected chi connectivity index (χ4v) is 2.97. The van der Waals surface area contributed by atoms with Crippen LogP contribution in [-0.2, 0) is 20.9 Å². The summed E-state index contributed by atoms with van der Waals surface area (Å²) < 4.78 is 27.9. The van der Waals surface area contributed by atoms with Crippen LogP contribution in [-0.4, -0.2) is 57.6 Å². The average Bonchev–Trinajstić information content (AvgIpc) is 2.86. The quantitative estimate of drug-likeness (QED) is 0.277. The Bertz CT molecular complexity index is 871. The maximum Gasteiger partial charge on any atom is 0.246 e. The maximum atomic E-state index is 12.7. The highest BCUT2D eigenvalue weighted by Crippen LogP contribution is 2.20. The van der Waals surface area contributed by atoms with Crippen molar-refractivity contribution in [2.75, 3.05) is 40.5 Å². The van der Waals surface area contributed by atoms with Crippen molar-refractivity contribution < 1.29 is 28.2 Å². The van der Waals surface area contributed by atoms with Crippen LogP contribution in [0.3, 0.4) is 0 Å². The Morgan fingerprint density at radius 1 is 1.23 bits per heavy atom. The van der Waals surface area contributed by atoms with Gasteiger partial charge in [-0.25, -0.2) is 9.37 Å². The minimum Gasteiger partial charge on any atom is -0.486 e. The van der Waals surface area contributed by atoms with Gasteiger partial charge in [-0.3, -0.25) is 9.59 Å². The number of amides is 1. The first-order valence-electron chi connectivity index (χ1n) is 11.4. The molecule has 0 fully saturated rings. The summed E-state index contributed by atoms with van der Waals surface area (Å²) in [6.07, 6.45) is 5.62. The minimum absolute atomic E-state index is 0.0356. The number of nitrogens with one attached hydrogen (secondary N) is 2. The van der Waals surface area contributed by atoms with Gasteiger partial charge >= 0.3 is 0 Å². The van der Waals surface area contributed by atoms with E-state index in [2.05, 4.69) is 22.5 Å². The summed E-state index contributed by atoms with van der Waals surface area (Å²) in [6.45, 7) is 4.32. The van der Waals surface area contributed by atoms with E-state index in [-0.39, 0.29) is 24.1 Å². The zero-order chi connectivity index (χ0) is 25.9. The molecule has 0 radical (unpaired) electrons. The van der Waals surface area contributed by atoms with E-state index in [1.165, 1.54) is 25.0 Å². The van der Waals surface area contributed by atoms with Crippen LogP contribution in [0.15, 0.2) is 36.5 Å². The molecule has 2 rings (SSSR count). The number of aromatic nitrogens is 1. The number of hydrogen-bond donors (Lipinski definition) is 2. The van der Waals surface area contributed by atoms with Crippen molar-refractivity contribution in [1.29, 1.82) is 0 Å². The Morgan fingerprint density at radius 2 is 2.03 bits per heavy atom. The Balaban J connectivity index is 0.000000427. The predicted octanol–water partition coefficient (Wildman–Crippen LogP) is 3.81. The normalized spacial score (nSPS) is 11.1. The zero-order valence-electron chi connectivity index (χ0n) is 20.5. The van der Waals surface area contributed by atoms with Gasteiger partial charge in [0.25, 0.3) is 0 Å². The molecule has 0 saturated heterocycles. The molecule has 1 unspecified atom stereocenters. The molecule has 0 aliphatic rings. The summed E-state index contributed by atoms with van der Waals surface area (Å²) in [4.78, 5) is 25.7. The number of ether oxygens (including phenoxy) is 3. The number of carbonyl (C=O) groups excluding carboxylic acids is 2. The molecule has 35 heavy (non-hydrogen) atoms. The third-order valence-electron chi connectivity index (χ3n) is 4.80. The molecule has 0 saturated carbocycles. The highest BCUT2D eigenvalue weighted by atomic mass is 35.5. The monoisotopic (exact) mass is 511 g/mol. The standard InChI is InChI=1S/C17H29N3O3.C8H6ClFO2/c1-14(5-4-9-18-2)8-10-19-16(21)13-23-12-15-6-7-17(22-3)20-11-15;9-7-2-1-6(5-8(7)10)12-4-3-11/h6-7,11,14,18H,4-5,8-10,12-13H2,1-3H3,(H,19,21);1-3,5H,4H2. The van der Waals surface area contributed by atoms with Crippen LogP contribution in [0.25, 0.3) is 0 Å². The zero-order valence-corrected chi connectivity index (χ0v) is 21.3. The molecule has 0 aliphatic carbocycles. The summed E-state index contributed by atoms with van der Waals surface area (Å²) in [5, 5.41) is 6.07. The Morgan fingerprint density at radius 3 is 2.66 bits per heavy atom. The van der Waals surface area contributed by atoms with Gasteiger partial charge in [-0.05, 0) is 62.5 Å². The van der Waals surface area contributed by atoms with Gasteiger partial charge in [0.1, 0.15) is 24.8 Å². The number of hydrogen-bond acceptors (Lipinski definition) is 7. The highest BCUT2D eigenvalue weighted by Gasteiger charge is 2.05. The van der Waals surface area contributed by atoms with Gasteiger partial charge in [0.15, 0.2) is 6.29 Å². The van der Waals surface area contributed by atoms with Crippen molar-refractivity contribution in [2.45, 2.75) is 32.8 Å². The smallest absolute Gasteiger partial charge is 0.246 e. The van der Waals surface area contributed by atoms with Gasteiger partial charge in [0, 0.05) is 24.9 Å². The van der Waals surface area contributed by atoms with Gasteiger partial charge in [-0.15, -0.1) is 0 Å². The topological polar surface area (TPSA) is 98.8 Å². The molecule has 1 amide bonds. The van der Waals surface area contributed by atoms with Gasteiger partial charge in [-0.1, -0.05) is 18.5 Å². The first-order chi connectivity index (χ1) is 16.9. The molecule has 2 aromatic rings. The predicted molar refractivity (Wildman–Crippen MR) is 133 cm³/mol. The lowest BCUT2D eigenvalue weighted by molar-refractivity contribution is -0.126. The average molecular weight is 512 g/mol. The Kier molecular flexibility index (Phi) is 16.1. The van der Waals surface area contributed by atoms with E-state index in [0.717, 1.165) is 24.6 Å². The second kappa shape index (κ2) is 18.6. The van der Waals surface area contributed by atoms with Crippen LogP contribution in [0.5, 0.6) is 11.6 Å². The van der Waals surface area contributed by atoms with Crippen LogP contribution in [0.4, 0.5) is 4.39 Å². The summed E-state index contributed by atoms with van der Waals surface area (Å²) >= 11 is 5.41. The van der Waals surface area contributed by atoms with Crippen molar-refractivity contribution in [3.05, 3.63) is 52.9 Å². The summed E-state index contributed by atoms with van der Waals surface area (Å²) in [5.74, 6) is 0.850. The molecule has 10 heteroatoms. The lowest BCUT2D eigenvalue weighted by Crippen LogP contribution is -2.29. The number of carbonyl (C=O) groups is 2. The van der Waals surface area contributed by atoms with Crippen LogP contribution < -0.4 is 20.1 Å². The van der Waals surface area contributed by atoms with Crippen molar-refractivity contribution in [3.63, 3.8) is 0 Å². The van der Waals surface area contributed by atoms with E-state index in [9.17, 15) is 14.0 Å². The number of halogens is 2. The van der Waals surface area contributed by atoms with Crippen LogP contribution in [0.1, 0.15) is 31.7 Å². The molecular formula is C25H35ClFN3O5. The summed E-state index contributed by atoms with van der Waals surface area (Å²) in [5.41, 5.74) is 0.914. The van der Waals surface area contributed by atoms with E-state index < -0.39 is 5.82 Å². The van der Waals surface area contributed by atoms with Crippen LogP contribution in [0.2, 0.25) is 5.02 Å². The van der Waals surface area contributed by atoms with E-state index >= 15 is 0 Å². The molecular weight excluding hydrogens is 477 g/mol. The summed E-state index contributed by atoms with van der Waals surface area (Å²) in [6, 6.07) is 7.64. The van der Waals surface area contributed by atoms with E-state index in [0.29, 0.717) is 37.0 Å². The summed E-state index contributed by atoms with van der Waals surface area (Å²) in [7, 11) is 3.54. The first kappa shape index (κ1) is 30.3. The van der Waals surface area contributed by atoms with E-state index in [4.69, 9.17) is 25.8 Å². The highest BCUT2D eigenvalue weighted by molar-refractivity contribution is 6.30. The molecule has 1 heterocycles. The Hall–Kier alpha value is -2.75. The molecule has 1 atom stereocenters. The molecule has 8 nitrogen and oxygen atoms in total. The molecule has 1 aromatic carbocycles. The molecule has 194 valence electrons. The largest absolute Gasteiger partial charge is 0.486 e. The fraction of sp³-hybridized carbons (Fsp3) is 0.480. The second-order valence-electron chi connectivity index (χ2n) is 7.74. The number of nitrogens with zero attached hydrogens (tertiary/aromatic N) is 1. The SMILES string of the molecule is CNCCCC(C)CCNC(=O)COCc1ccc(OC)nc1.O=CCOc1ccc(Cl)c(F)c1. The van der Waals surface area contributed by atoms with Crippen molar-refractivity contribution in [1.82, 2.24) is 15.6 Å². The maximum absolute atomic E-state index is 12.7. The van der Waals surface area contributed by atoms with Gasteiger partial charge in [-0.2, -0.15) is 0 Å². The molecule has 1 aromatic heterocycles. The second-order valence-corrected chi connectivity index (χ2v) is 8.15. The molecule has 2 N–H and O–H groups in total. The van der Waals surface area contributed by atoms with Crippen molar-refractivity contribution in [3.8, 4) is 11.6 Å². The van der Waals surface area contributed by atoms with E-state index in [1.807, 2.05) is 13.1 Å². The molecule has 0 bridgehead atoms. The number of aldehydes is 1. The van der Waals surface area contributed by atoms with Crippen molar-refractivity contribution in [2.24, 2.45) is 5.92 Å². The lowest BCUT2D eigenvalue weighted by Gasteiger charge is -2.12. The van der Waals surface area contributed by atoms with Gasteiger partial charge in [0.2, 0.25) is 11.8 Å². The number of methoxy groups -OCH3 is 1. The number of benzene rings is 1. The van der Waals surface area contributed by atoms with Crippen molar-refractivity contribution >= 4 is 23.8 Å². The van der Waals surface area contributed by atoms with Gasteiger partial charge < -0.3 is 24.8 Å². The molecule has 0 spiro atoms. The van der Waals surface area contributed by atoms with Crippen LogP contribution >= 0.6 is 11.6 Å². The number of pyridine rings is 1. The lowest BCUT2D eigenvalue weighted by atomic mass is 10.0. The van der Waals surface area contributed by atoms with Crippen LogP contribution in [0, 0.1) is 11.7 Å². The van der Waals surface area contributed by atoms with Gasteiger partial charge in [0.05, 0.1) is 18.7 Å².